The van der Waals surface area contributed by atoms with Crippen LogP contribution < -0.4 is 0 Å². The molecule has 1 aromatic rings. The van der Waals surface area contributed by atoms with Gasteiger partial charge in [-0.3, -0.25) is 4.90 Å². The lowest BCUT2D eigenvalue weighted by Crippen LogP contribution is -2.42. The zero-order valence-electron chi connectivity index (χ0n) is 11.1. The molecule has 0 bridgehead atoms. The van der Waals surface area contributed by atoms with Crippen LogP contribution in [0, 0.1) is 0 Å². The number of benzene rings is 1. The van der Waals surface area contributed by atoms with Crippen LogP contribution >= 0.6 is 24.2 Å². The van der Waals surface area contributed by atoms with Crippen molar-refractivity contribution in [3.63, 3.8) is 0 Å². The van der Waals surface area contributed by atoms with Crippen LogP contribution in [-0.4, -0.2) is 34.9 Å². The van der Waals surface area contributed by atoms with Gasteiger partial charge in [0.05, 0.1) is 4.90 Å². The third kappa shape index (κ3) is 2.64. The van der Waals surface area contributed by atoms with E-state index in [1.165, 1.54) is 30.6 Å². The van der Waals surface area contributed by atoms with Crippen molar-refractivity contribution >= 4 is 29.7 Å². The summed E-state index contributed by atoms with van der Waals surface area (Å²) in [7, 11) is 0. The second kappa shape index (κ2) is 6.21. The summed E-state index contributed by atoms with van der Waals surface area (Å²) in [6, 6.07) is 6.43. The maximum absolute atomic E-state index is 9.95. The van der Waals surface area contributed by atoms with E-state index >= 15 is 0 Å². The molecule has 2 heterocycles. The van der Waals surface area contributed by atoms with E-state index < -0.39 is 0 Å². The highest BCUT2D eigenvalue weighted by atomic mass is 35.5. The van der Waals surface area contributed by atoms with E-state index in [9.17, 15) is 5.11 Å². The van der Waals surface area contributed by atoms with Crippen LogP contribution in [0.2, 0.25) is 0 Å². The Hall–Kier alpha value is -0.640. The SMILES string of the molecule is CCCN1CCC=C2c3cccc(O)c3SCC21.Cl. The summed E-state index contributed by atoms with van der Waals surface area (Å²) in [5, 5.41) is 9.95. The van der Waals surface area contributed by atoms with Gasteiger partial charge < -0.3 is 5.11 Å². The number of fused-ring (bicyclic) bond motifs is 3. The van der Waals surface area contributed by atoms with Crippen LogP contribution in [0.3, 0.4) is 0 Å². The lowest BCUT2D eigenvalue weighted by Gasteiger charge is -2.39. The molecule has 104 valence electrons. The Labute approximate surface area is 125 Å². The van der Waals surface area contributed by atoms with E-state index in [0.29, 0.717) is 11.8 Å². The number of hydrogen-bond donors (Lipinski definition) is 1. The highest BCUT2D eigenvalue weighted by molar-refractivity contribution is 7.99. The Morgan fingerprint density at radius 1 is 1.42 bits per heavy atom. The second-order valence-electron chi connectivity index (χ2n) is 4.96. The van der Waals surface area contributed by atoms with Gasteiger partial charge >= 0.3 is 0 Å². The quantitative estimate of drug-likeness (QED) is 0.898. The minimum atomic E-state index is 0. The van der Waals surface area contributed by atoms with Gasteiger partial charge in [-0.1, -0.05) is 25.1 Å². The molecule has 1 aromatic carbocycles. The van der Waals surface area contributed by atoms with Crippen molar-refractivity contribution in [2.45, 2.75) is 30.7 Å². The van der Waals surface area contributed by atoms with Crippen LogP contribution in [0.4, 0.5) is 0 Å². The van der Waals surface area contributed by atoms with E-state index in [0.717, 1.165) is 17.1 Å². The van der Waals surface area contributed by atoms with Gasteiger partial charge in [0.15, 0.2) is 0 Å². The van der Waals surface area contributed by atoms with Gasteiger partial charge in [0.1, 0.15) is 5.75 Å². The highest BCUT2D eigenvalue weighted by Crippen LogP contribution is 2.44. The lowest BCUT2D eigenvalue weighted by atomic mass is 9.93. The number of halogens is 1. The number of thioether (sulfide) groups is 1. The van der Waals surface area contributed by atoms with E-state index in [-0.39, 0.29) is 12.4 Å². The van der Waals surface area contributed by atoms with Gasteiger partial charge in [-0.2, -0.15) is 0 Å². The minimum Gasteiger partial charge on any atom is -0.507 e. The summed E-state index contributed by atoms with van der Waals surface area (Å²) in [5.41, 5.74) is 2.68. The molecule has 1 atom stereocenters. The van der Waals surface area contributed by atoms with Gasteiger partial charge in [-0.05, 0) is 36.6 Å². The van der Waals surface area contributed by atoms with Crippen molar-refractivity contribution in [2.75, 3.05) is 18.8 Å². The van der Waals surface area contributed by atoms with Crippen LogP contribution in [0.5, 0.6) is 5.75 Å². The fourth-order valence-electron chi connectivity index (χ4n) is 2.98. The first-order valence-corrected chi connectivity index (χ1v) is 7.69. The molecule has 1 N–H and O–H groups in total. The Morgan fingerprint density at radius 2 is 2.26 bits per heavy atom. The fourth-order valence-corrected chi connectivity index (χ4v) is 4.25. The maximum Gasteiger partial charge on any atom is 0.129 e. The van der Waals surface area contributed by atoms with Crippen molar-refractivity contribution in [1.82, 2.24) is 4.90 Å². The molecule has 0 fully saturated rings. The van der Waals surface area contributed by atoms with E-state index in [2.05, 4.69) is 24.0 Å². The molecular formula is C15H20ClNOS. The van der Waals surface area contributed by atoms with E-state index in [1.807, 2.05) is 6.07 Å². The molecule has 0 amide bonds. The number of phenols is 1. The highest BCUT2D eigenvalue weighted by Gasteiger charge is 2.31. The average molecular weight is 298 g/mol. The van der Waals surface area contributed by atoms with Crippen LogP contribution in [0.15, 0.2) is 29.2 Å². The van der Waals surface area contributed by atoms with Gasteiger partial charge in [0.25, 0.3) is 0 Å². The normalized spacial score (nSPS) is 21.9. The number of nitrogens with zero attached hydrogens (tertiary/aromatic N) is 1. The molecule has 2 aliphatic heterocycles. The molecule has 2 nitrogen and oxygen atoms in total. The first-order chi connectivity index (χ1) is 8.81. The van der Waals surface area contributed by atoms with E-state index in [4.69, 9.17) is 0 Å². The summed E-state index contributed by atoms with van der Waals surface area (Å²) < 4.78 is 0. The molecule has 0 aliphatic carbocycles. The van der Waals surface area contributed by atoms with Gasteiger partial charge in [0, 0.05) is 18.3 Å². The smallest absolute Gasteiger partial charge is 0.129 e. The molecule has 0 radical (unpaired) electrons. The molecule has 1 unspecified atom stereocenters. The zero-order valence-corrected chi connectivity index (χ0v) is 12.8. The molecule has 2 aliphatic rings. The number of hydrogen-bond acceptors (Lipinski definition) is 3. The fraction of sp³-hybridized carbons (Fsp3) is 0.467. The number of phenolic OH excluding ortho intramolecular Hbond substituents is 1. The Kier molecular flexibility index (Phi) is 4.82. The van der Waals surface area contributed by atoms with Crippen molar-refractivity contribution in [2.24, 2.45) is 0 Å². The van der Waals surface area contributed by atoms with Crippen LogP contribution in [-0.2, 0) is 0 Å². The third-order valence-electron chi connectivity index (χ3n) is 3.78. The Morgan fingerprint density at radius 3 is 3.05 bits per heavy atom. The van der Waals surface area contributed by atoms with Crippen molar-refractivity contribution < 1.29 is 5.11 Å². The minimum absolute atomic E-state index is 0. The second-order valence-corrected chi connectivity index (χ2v) is 5.99. The predicted molar refractivity (Wildman–Crippen MR) is 84.3 cm³/mol. The molecule has 0 saturated carbocycles. The third-order valence-corrected chi connectivity index (χ3v) is 4.98. The molecule has 0 spiro atoms. The first-order valence-electron chi connectivity index (χ1n) is 6.70. The van der Waals surface area contributed by atoms with Crippen LogP contribution in [0.1, 0.15) is 25.3 Å². The lowest BCUT2D eigenvalue weighted by molar-refractivity contribution is 0.245. The molecule has 19 heavy (non-hydrogen) atoms. The average Bonchev–Trinajstić information content (AvgIpc) is 2.40. The molecule has 4 heteroatoms. The van der Waals surface area contributed by atoms with Gasteiger partial charge in [0.2, 0.25) is 0 Å². The van der Waals surface area contributed by atoms with Crippen molar-refractivity contribution in [3.8, 4) is 5.75 Å². The van der Waals surface area contributed by atoms with Crippen molar-refractivity contribution in [1.29, 1.82) is 0 Å². The number of rotatable bonds is 2. The summed E-state index contributed by atoms with van der Waals surface area (Å²) in [5.74, 6) is 1.50. The standard InChI is InChI=1S/C15H19NOS.ClH/c1-2-8-16-9-4-6-11-12-5-3-7-14(17)15(12)18-10-13(11)16;/h3,5-7,13,17H,2,4,8-10H2,1H3;1H. The van der Waals surface area contributed by atoms with Gasteiger partial charge in [-0.25, -0.2) is 0 Å². The Balaban J connectivity index is 0.00000133. The summed E-state index contributed by atoms with van der Waals surface area (Å²) in [4.78, 5) is 3.66. The largest absolute Gasteiger partial charge is 0.507 e. The molecular weight excluding hydrogens is 278 g/mol. The molecule has 0 saturated heterocycles. The summed E-state index contributed by atoms with van der Waals surface area (Å²) >= 11 is 1.80. The van der Waals surface area contributed by atoms with Gasteiger partial charge in [-0.15, -0.1) is 24.2 Å². The van der Waals surface area contributed by atoms with Crippen molar-refractivity contribution in [3.05, 3.63) is 29.8 Å². The summed E-state index contributed by atoms with van der Waals surface area (Å²) in [6.07, 6.45) is 4.71. The number of aromatic hydroxyl groups is 1. The maximum atomic E-state index is 9.95. The molecule has 3 rings (SSSR count). The Bertz CT molecular complexity index is 489. The predicted octanol–water partition coefficient (Wildman–Crippen LogP) is 3.79. The summed E-state index contributed by atoms with van der Waals surface area (Å²) in [6.45, 7) is 4.60. The van der Waals surface area contributed by atoms with Crippen LogP contribution in [0.25, 0.3) is 5.57 Å². The van der Waals surface area contributed by atoms with E-state index in [1.54, 1.807) is 17.8 Å². The zero-order chi connectivity index (χ0) is 12.5. The topological polar surface area (TPSA) is 23.5 Å². The monoisotopic (exact) mass is 297 g/mol. The molecule has 0 aromatic heterocycles. The first kappa shape index (κ1) is 14.8.